The van der Waals surface area contributed by atoms with E-state index in [0.717, 1.165) is 30.6 Å². The maximum Gasteiger partial charge on any atom is 0.119 e. The van der Waals surface area contributed by atoms with Crippen molar-refractivity contribution in [3.63, 3.8) is 0 Å². The van der Waals surface area contributed by atoms with Gasteiger partial charge >= 0.3 is 0 Å². The lowest BCUT2D eigenvalue weighted by Crippen LogP contribution is -2.13. The molecule has 0 aromatic heterocycles. The Kier molecular flexibility index (Phi) is 13.4. The first-order valence-corrected chi connectivity index (χ1v) is 15.1. The fourth-order valence-corrected chi connectivity index (χ4v) is 5.76. The van der Waals surface area contributed by atoms with Crippen molar-refractivity contribution in [3.8, 4) is 16.9 Å². The first-order valence-electron chi connectivity index (χ1n) is 15.1. The molecule has 35 heavy (non-hydrogen) atoms. The summed E-state index contributed by atoms with van der Waals surface area (Å²) in [6.45, 7) is 5.42. The van der Waals surface area contributed by atoms with E-state index in [1.807, 2.05) is 0 Å². The summed E-state index contributed by atoms with van der Waals surface area (Å²) in [7, 11) is 0. The van der Waals surface area contributed by atoms with Crippen LogP contribution in [0.25, 0.3) is 11.1 Å². The molecule has 0 spiro atoms. The van der Waals surface area contributed by atoms with Crippen LogP contribution in [0.4, 0.5) is 0 Å². The van der Waals surface area contributed by atoms with Gasteiger partial charge in [0.25, 0.3) is 0 Å². The highest BCUT2D eigenvalue weighted by molar-refractivity contribution is 5.64. The van der Waals surface area contributed by atoms with Crippen LogP contribution < -0.4 is 4.74 Å². The molecule has 0 radical (unpaired) electrons. The Morgan fingerprint density at radius 2 is 1.09 bits per heavy atom. The van der Waals surface area contributed by atoms with Crippen molar-refractivity contribution in [1.82, 2.24) is 0 Å². The lowest BCUT2D eigenvalue weighted by atomic mass is 9.77. The van der Waals surface area contributed by atoms with Crippen LogP contribution in [0.15, 0.2) is 48.5 Å². The van der Waals surface area contributed by atoms with Crippen LogP contribution >= 0.6 is 0 Å². The molecule has 0 unspecified atom stereocenters. The van der Waals surface area contributed by atoms with Gasteiger partial charge in [-0.15, -0.1) is 0 Å². The summed E-state index contributed by atoms with van der Waals surface area (Å²) in [6, 6.07) is 18.1. The van der Waals surface area contributed by atoms with Crippen molar-refractivity contribution < 1.29 is 4.74 Å². The van der Waals surface area contributed by atoms with Gasteiger partial charge in [-0.05, 0) is 72.8 Å². The molecule has 0 atom stereocenters. The predicted octanol–water partition coefficient (Wildman–Crippen LogP) is 11.1. The molecular weight excluding hydrogens is 424 g/mol. The summed E-state index contributed by atoms with van der Waals surface area (Å²) >= 11 is 0. The SMILES string of the molecule is CCCCCCCCCCOc1ccc(-c2ccc(C3CCC(CCCCCC)CC3)cc2)cc1. The van der Waals surface area contributed by atoms with Crippen molar-refractivity contribution in [2.45, 2.75) is 129 Å². The lowest BCUT2D eigenvalue weighted by molar-refractivity contribution is 0.302. The van der Waals surface area contributed by atoms with Crippen molar-refractivity contribution in [1.29, 1.82) is 0 Å². The van der Waals surface area contributed by atoms with Gasteiger partial charge in [0.2, 0.25) is 0 Å². The smallest absolute Gasteiger partial charge is 0.119 e. The van der Waals surface area contributed by atoms with E-state index < -0.39 is 0 Å². The maximum absolute atomic E-state index is 5.99. The fraction of sp³-hybridized carbons (Fsp3) is 0.647. The molecule has 194 valence electrons. The van der Waals surface area contributed by atoms with E-state index in [-0.39, 0.29) is 0 Å². The van der Waals surface area contributed by atoms with E-state index in [9.17, 15) is 0 Å². The Balaban J connectivity index is 1.34. The van der Waals surface area contributed by atoms with E-state index in [4.69, 9.17) is 4.74 Å². The Morgan fingerprint density at radius 1 is 0.571 bits per heavy atom. The van der Waals surface area contributed by atoms with Crippen molar-refractivity contribution >= 4 is 0 Å². The second-order valence-corrected chi connectivity index (χ2v) is 11.0. The second-order valence-electron chi connectivity index (χ2n) is 11.0. The first-order chi connectivity index (χ1) is 17.3. The molecule has 1 heteroatoms. The normalized spacial score (nSPS) is 18.0. The second kappa shape index (κ2) is 16.8. The number of ether oxygens (including phenoxy) is 1. The summed E-state index contributed by atoms with van der Waals surface area (Å²) in [6.07, 6.45) is 23.4. The van der Waals surface area contributed by atoms with Crippen LogP contribution in [0.1, 0.15) is 134 Å². The van der Waals surface area contributed by atoms with Gasteiger partial charge in [0.15, 0.2) is 0 Å². The molecule has 0 saturated heterocycles. The van der Waals surface area contributed by atoms with Gasteiger partial charge < -0.3 is 4.74 Å². The number of rotatable bonds is 17. The minimum Gasteiger partial charge on any atom is -0.494 e. The summed E-state index contributed by atoms with van der Waals surface area (Å²) < 4.78 is 5.99. The zero-order valence-corrected chi connectivity index (χ0v) is 22.9. The van der Waals surface area contributed by atoms with E-state index in [1.165, 1.54) is 114 Å². The summed E-state index contributed by atoms with van der Waals surface area (Å²) in [5.74, 6) is 2.75. The maximum atomic E-state index is 5.99. The highest BCUT2D eigenvalue weighted by Crippen LogP contribution is 2.38. The van der Waals surface area contributed by atoms with Crippen molar-refractivity contribution in [2.24, 2.45) is 5.92 Å². The van der Waals surface area contributed by atoms with Gasteiger partial charge in [-0.1, -0.05) is 127 Å². The largest absolute Gasteiger partial charge is 0.494 e. The zero-order valence-electron chi connectivity index (χ0n) is 22.9. The number of benzene rings is 2. The number of hydrogen-bond donors (Lipinski definition) is 0. The van der Waals surface area contributed by atoms with Crippen LogP contribution in [-0.2, 0) is 0 Å². The number of unbranched alkanes of at least 4 members (excludes halogenated alkanes) is 10. The third kappa shape index (κ3) is 10.4. The Morgan fingerprint density at radius 3 is 1.69 bits per heavy atom. The molecule has 0 N–H and O–H groups in total. The average Bonchev–Trinajstić information content (AvgIpc) is 2.91. The molecule has 1 aliphatic rings. The quantitative estimate of drug-likeness (QED) is 0.206. The molecule has 1 aliphatic carbocycles. The van der Waals surface area contributed by atoms with Gasteiger partial charge in [-0.3, -0.25) is 0 Å². The minimum atomic E-state index is 0.767. The summed E-state index contributed by atoms with van der Waals surface area (Å²) in [5, 5.41) is 0. The van der Waals surface area contributed by atoms with Gasteiger partial charge in [0, 0.05) is 0 Å². The van der Waals surface area contributed by atoms with Crippen molar-refractivity contribution in [2.75, 3.05) is 6.61 Å². The van der Waals surface area contributed by atoms with Crippen LogP contribution in [0.2, 0.25) is 0 Å². The van der Waals surface area contributed by atoms with Crippen molar-refractivity contribution in [3.05, 3.63) is 54.1 Å². The molecule has 2 aromatic rings. The average molecular weight is 477 g/mol. The van der Waals surface area contributed by atoms with Crippen LogP contribution in [0.5, 0.6) is 5.75 Å². The summed E-state index contributed by atoms with van der Waals surface area (Å²) in [5.41, 5.74) is 4.14. The Labute approximate surface area is 217 Å². The lowest BCUT2D eigenvalue weighted by Gasteiger charge is -2.29. The third-order valence-electron chi connectivity index (χ3n) is 8.15. The van der Waals surface area contributed by atoms with E-state index in [0.29, 0.717) is 0 Å². The zero-order chi connectivity index (χ0) is 24.6. The van der Waals surface area contributed by atoms with Gasteiger partial charge in [-0.2, -0.15) is 0 Å². The Bertz CT molecular complexity index is 767. The topological polar surface area (TPSA) is 9.23 Å². The van der Waals surface area contributed by atoms with E-state index in [1.54, 1.807) is 5.56 Å². The third-order valence-corrected chi connectivity index (χ3v) is 8.15. The van der Waals surface area contributed by atoms with Crippen LogP contribution in [-0.4, -0.2) is 6.61 Å². The van der Waals surface area contributed by atoms with Gasteiger partial charge in [-0.25, -0.2) is 0 Å². The highest BCUT2D eigenvalue weighted by Gasteiger charge is 2.22. The predicted molar refractivity (Wildman–Crippen MR) is 153 cm³/mol. The van der Waals surface area contributed by atoms with Crippen LogP contribution in [0, 0.1) is 5.92 Å². The standard InChI is InChI=1S/C34H52O/c1-3-5-7-9-10-11-12-14-28-35-34-26-24-33(25-27-34)32-22-20-31(21-23-32)30-18-16-29(17-19-30)15-13-8-6-4-2/h20-27,29-30H,3-19,28H2,1-2H3. The molecular formula is C34H52O. The van der Waals surface area contributed by atoms with Gasteiger partial charge in [0.05, 0.1) is 6.61 Å². The Hall–Kier alpha value is -1.76. The van der Waals surface area contributed by atoms with E-state index in [2.05, 4.69) is 62.4 Å². The molecule has 0 amide bonds. The molecule has 0 bridgehead atoms. The fourth-order valence-electron chi connectivity index (χ4n) is 5.76. The molecule has 1 nitrogen and oxygen atoms in total. The molecule has 1 fully saturated rings. The monoisotopic (exact) mass is 476 g/mol. The minimum absolute atomic E-state index is 0.767. The molecule has 0 aliphatic heterocycles. The highest BCUT2D eigenvalue weighted by atomic mass is 16.5. The molecule has 0 heterocycles. The van der Waals surface area contributed by atoms with Crippen LogP contribution in [0.3, 0.4) is 0 Å². The molecule has 3 rings (SSSR count). The van der Waals surface area contributed by atoms with Gasteiger partial charge in [0.1, 0.15) is 5.75 Å². The molecule has 1 saturated carbocycles. The molecule has 2 aromatic carbocycles. The van der Waals surface area contributed by atoms with E-state index >= 15 is 0 Å². The first kappa shape index (κ1) is 27.8. The number of hydrogen-bond acceptors (Lipinski definition) is 1. The summed E-state index contributed by atoms with van der Waals surface area (Å²) in [4.78, 5) is 0.